The summed E-state index contributed by atoms with van der Waals surface area (Å²) in [4.78, 5) is 36.8. The SMILES string of the molecule is CC(=O)S[C@@H]1CC2=CC(=O)CC[C@]2(C)[C@H]2CC[C@@]3(C)[C@@H](CC[C@]3(CCO)C(=O)O)[C@H]12. The molecule has 0 unspecified atom stereocenters. The van der Waals surface area contributed by atoms with Crippen molar-refractivity contribution in [3.8, 4) is 0 Å². The van der Waals surface area contributed by atoms with Crippen molar-refractivity contribution in [2.24, 2.45) is 34.0 Å². The standard InChI is InChI=1S/C24H34O5S/c1-14(26)30-19-13-15-12-16(27)4-7-22(15,2)17-5-8-23(3)18(20(17)19)6-9-24(23,10-11-25)21(28)29/h12,17-20,25H,4-11,13H2,1-3H3,(H,28,29)/t17-,18-,19+,20+,22-,23-,24-/m0/s1. The van der Waals surface area contributed by atoms with Crippen molar-refractivity contribution in [1.29, 1.82) is 0 Å². The Hall–Kier alpha value is -1.14. The van der Waals surface area contributed by atoms with Crippen LogP contribution in [0.2, 0.25) is 0 Å². The molecule has 0 bridgehead atoms. The number of thioether (sulfide) groups is 1. The molecule has 5 nitrogen and oxygen atoms in total. The number of aliphatic hydroxyl groups excluding tert-OH is 1. The Kier molecular flexibility index (Phi) is 5.50. The molecule has 6 heteroatoms. The third-order valence-electron chi connectivity index (χ3n) is 9.59. The predicted octanol–water partition coefficient (Wildman–Crippen LogP) is 4.23. The Labute approximate surface area is 183 Å². The highest BCUT2D eigenvalue weighted by Gasteiger charge is 2.68. The van der Waals surface area contributed by atoms with Crippen LogP contribution < -0.4 is 0 Å². The van der Waals surface area contributed by atoms with Crippen LogP contribution in [0.25, 0.3) is 0 Å². The molecule has 3 saturated carbocycles. The molecule has 0 heterocycles. The molecule has 0 saturated heterocycles. The van der Waals surface area contributed by atoms with Crippen molar-refractivity contribution < 1.29 is 24.6 Å². The van der Waals surface area contributed by atoms with Gasteiger partial charge < -0.3 is 10.2 Å². The van der Waals surface area contributed by atoms with Gasteiger partial charge in [0.2, 0.25) is 0 Å². The normalized spacial score (nSPS) is 45.2. The molecule has 3 fully saturated rings. The summed E-state index contributed by atoms with van der Waals surface area (Å²) in [5.41, 5.74) is -0.0812. The topological polar surface area (TPSA) is 91.7 Å². The lowest BCUT2D eigenvalue weighted by molar-refractivity contribution is -0.165. The summed E-state index contributed by atoms with van der Waals surface area (Å²) in [7, 11) is 0. The summed E-state index contributed by atoms with van der Waals surface area (Å²) < 4.78 is 0. The monoisotopic (exact) mass is 434 g/mol. The maximum Gasteiger partial charge on any atom is 0.310 e. The number of allylic oxidation sites excluding steroid dienone is 1. The van der Waals surface area contributed by atoms with Gasteiger partial charge in [0.05, 0.1) is 5.41 Å². The van der Waals surface area contributed by atoms with Crippen LogP contribution in [-0.2, 0) is 14.4 Å². The van der Waals surface area contributed by atoms with Crippen LogP contribution in [0.1, 0.15) is 72.1 Å². The predicted molar refractivity (Wildman–Crippen MR) is 116 cm³/mol. The molecule has 0 aromatic rings. The first-order valence-electron chi connectivity index (χ1n) is 11.3. The third-order valence-corrected chi connectivity index (χ3v) is 10.7. The molecule has 0 aliphatic heterocycles. The zero-order valence-electron chi connectivity index (χ0n) is 18.3. The second-order valence-electron chi connectivity index (χ2n) is 10.6. The first kappa shape index (κ1) is 22.1. The molecular weight excluding hydrogens is 400 g/mol. The number of aliphatic carboxylic acids is 1. The van der Waals surface area contributed by atoms with E-state index in [4.69, 9.17) is 0 Å². The quantitative estimate of drug-likeness (QED) is 0.688. The van der Waals surface area contributed by atoms with Gasteiger partial charge in [0.1, 0.15) is 0 Å². The number of carboxylic acids is 1. The highest BCUT2D eigenvalue weighted by molar-refractivity contribution is 8.14. The molecule has 0 spiro atoms. The van der Waals surface area contributed by atoms with Crippen molar-refractivity contribution >= 4 is 28.6 Å². The van der Waals surface area contributed by atoms with E-state index in [0.29, 0.717) is 25.2 Å². The van der Waals surface area contributed by atoms with Gasteiger partial charge >= 0.3 is 5.97 Å². The minimum atomic E-state index is -0.887. The largest absolute Gasteiger partial charge is 0.481 e. The molecule has 2 N–H and O–H groups in total. The number of carboxylic acid groups (broad SMARTS) is 1. The summed E-state index contributed by atoms with van der Waals surface area (Å²) in [5, 5.41) is 20.2. The van der Waals surface area contributed by atoms with Crippen LogP contribution >= 0.6 is 11.8 Å². The molecule has 0 aromatic heterocycles. The van der Waals surface area contributed by atoms with Gasteiger partial charge in [-0.1, -0.05) is 31.2 Å². The summed E-state index contributed by atoms with van der Waals surface area (Å²) in [5.74, 6) is 0.294. The fraction of sp³-hybridized carbons (Fsp3) is 0.792. The molecule has 30 heavy (non-hydrogen) atoms. The lowest BCUT2D eigenvalue weighted by Gasteiger charge is -2.61. The van der Waals surface area contributed by atoms with E-state index in [2.05, 4.69) is 13.8 Å². The fourth-order valence-corrected chi connectivity index (χ4v) is 9.25. The van der Waals surface area contributed by atoms with Crippen LogP contribution in [-0.4, -0.2) is 38.9 Å². The Bertz CT molecular complexity index is 805. The Morgan fingerprint density at radius 3 is 2.50 bits per heavy atom. The van der Waals surface area contributed by atoms with Crippen LogP contribution in [0.4, 0.5) is 0 Å². The van der Waals surface area contributed by atoms with Crippen molar-refractivity contribution in [3.63, 3.8) is 0 Å². The van der Waals surface area contributed by atoms with Crippen LogP contribution in [0.15, 0.2) is 11.6 Å². The number of fused-ring (bicyclic) bond motifs is 5. The average molecular weight is 435 g/mol. The van der Waals surface area contributed by atoms with Crippen LogP contribution in [0.5, 0.6) is 0 Å². The first-order chi connectivity index (χ1) is 14.1. The number of carbonyl (C=O) groups excluding carboxylic acids is 2. The number of hydrogen-bond donors (Lipinski definition) is 2. The van der Waals surface area contributed by atoms with Crippen LogP contribution in [0.3, 0.4) is 0 Å². The van der Waals surface area contributed by atoms with Crippen molar-refractivity contribution in [2.75, 3.05) is 6.61 Å². The van der Waals surface area contributed by atoms with Gasteiger partial charge in [0.25, 0.3) is 0 Å². The highest BCUT2D eigenvalue weighted by Crippen LogP contribution is 2.71. The minimum absolute atomic E-state index is 0.0286. The van der Waals surface area contributed by atoms with Gasteiger partial charge in [-0.05, 0) is 79.6 Å². The van der Waals surface area contributed by atoms with E-state index in [0.717, 1.165) is 32.1 Å². The molecule has 0 radical (unpaired) electrons. The van der Waals surface area contributed by atoms with Crippen molar-refractivity contribution in [1.82, 2.24) is 0 Å². The van der Waals surface area contributed by atoms with Gasteiger partial charge in [-0.25, -0.2) is 0 Å². The summed E-state index contributed by atoms with van der Waals surface area (Å²) in [6.45, 7) is 5.94. The molecule has 4 aliphatic rings. The number of hydrogen-bond acceptors (Lipinski definition) is 5. The van der Waals surface area contributed by atoms with Crippen molar-refractivity contribution in [2.45, 2.75) is 77.4 Å². The summed E-state index contributed by atoms with van der Waals surface area (Å²) in [6.07, 6.45) is 7.54. The lowest BCUT2D eigenvalue weighted by atomic mass is 9.45. The first-order valence-corrected chi connectivity index (χ1v) is 12.2. The van der Waals surface area contributed by atoms with E-state index in [1.54, 1.807) is 6.92 Å². The Morgan fingerprint density at radius 2 is 1.87 bits per heavy atom. The molecule has 0 amide bonds. The number of carbonyl (C=O) groups is 3. The summed E-state index contributed by atoms with van der Waals surface area (Å²) in [6, 6.07) is 0. The fourth-order valence-electron chi connectivity index (χ4n) is 8.03. The Balaban J connectivity index is 1.78. The van der Waals surface area contributed by atoms with E-state index in [1.807, 2.05) is 6.08 Å². The summed E-state index contributed by atoms with van der Waals surface area (Å²) >= 11 is 1.40. The zero-order chi connectivity index (χ0) is 21.9. The second-order valence-corrected chi connectivity index (χ2v) is 12.0. The van der Waals surface area contributed by atoms with E-state index in [-0.39, 0.29) is 45.4 Å². The lowest BCUT2D eigenvalue weighted by Crippen LogP contribution is -2.57. The number of aliphatic hydroxyl groups is 1. The van der Waals surface area contributed by atoms with Gasteiger partial charge in [-0.3, -0.25) is 14.4 Å². The van der Waals surface area contributed by atoms with Crippen molar-refractivity contribution in [3.05, 3.63) is 11.6 Å². The van der Waals surface area contributed by atoms with E-state index in [9.17, 15) is 24.6 Å². The second kappa shape index (κ2) is 7.47. The molecular formula is C24H34O5S. The average Bonchev–Trinajstić information content (AvgIpc) is 2.96. The van der Waals surface area contributed by atoms with Crippen LogP contribution in [0, 0.1) is 34.0 Å². The minimum Gasteiger partial charge on any atom is -0.481 e. The van der Waals surface area contributed by atoms with Gasteiger partial charge in [-0.2, -0.15) is 0 Å². The molecule has 4 rings (SSSR count). The molecule has 4 aliphatic carbocycles. The van der Waals surface area contributed by atoms with Gasteiger partial charge in [0.15, 0.2) is 10.9 Å². The molecule has 7 atom stereocenters. The van der Waals surface area contributed by atoms with E-state index >= 15 is 0 Å². The number of ketones is 1. The van der Waals surface area contributed by atoms with Gasteiger partial charge in [0, 0.05) is 25.2 Å². The van der Waals surface area contributed by atoms with E-state index < -0.39 is 11.4 Å². The highest BCUT2D eigenvalue weighted by atomic mass is 32.2. The maximum atomic E-state index is 12.5. The maximum absolute atomic E-state index is 12.5. The number of rotatable bonds is 4. The molecule has 0 aromatic carbocycles. The Morgan fingerprint density at radius 1 is 1.17 bits per heavy atom. The van der Waals surface area contributed by atoms with E-state index in [1.165, 1.54) is 17.3 Å². The van der Waals surface area contributed by atoms with Gasteiger partial charge in [-0.15, -0.1) is 0 Å². The molecule has 166 valence electrons. The zero-order valence-corrected chi connectivity index (χ0v) is 19.1. The smallest absolute Gasteiger partial charge is 0.310 e. The third kappa shape index (κ3) is 2.96.